The number of methoxy groups -OCH3 is 1. The maximum absolute atomic E-state index is 11.6. The van der Waals surface area contributed by atoms with E-state index in [1.54, 1.807) is 30.2 Å². The van der Waals surface area contributed by atoms with Crippen LogP contribution in [-0.2, 0) is 4.79 Å². The Hall–Kier alpha value is -1.26. The zero-order valence-corrected chi connectivity index (χ0v) is 9.70. The second kappa shape index (κ2) is 4.31. The normalized spacial score (nSPS) is 20.3. The van der Waals surface area contributed by atoms with E-state index >= 15 is 0 Å². The van der Waals surface area contributed by atoms with Crippen LogP contribution in [0, 0.1) is 0 Å². The van der Waals surface area contributed by atoms with Gasteiger partial charge in [-0.2, -0.15) is 0 Å². The molecule has 0 aromatic heterocycles. The summed E-state index contributed by atoms with van der Waals surface area (Å²) < 4.78 is 5.05. The van der Waals surface area contributed by atoms with Crippen LogP contribution in [0.4, 0.5) is 5.69 Å². The summed E-state index contributed by atoms with van der Waals surface area (Å²) in [5.41, 5.74) is 6.49. The van der Waals surface area contributed by atoms with Gasteiger partial charge in [0.1, 0.15) is 5.75 Å². The number of hydrogen-bond donors (Lipinski definition) is 1. The average Bonchev–Trinajstić information content (AvgIpc) is 2.58. The third-order valence-electron chi connectivity index (χ3n) is 2.60. The molecule has 0 aliphatic carbocycles. The second-order valence-electron chi connectivity index (χ2n) is 3.79. The molecule has 1 atom stereocenters. The number of rotatable bonds is 2. The minimum Gasteiger partial charge on any atom is -0.495 e. The summed E-state index contributed by atoms with van der Waals surface area (Å²) in [5, 5.41) is 0.494. The van der Waals surface area contributed by atoms with Crippen LogP contribution in [0.15, 0.2) is 18.2 Å². The molecule has 1 unspecified atom stereocenters. The highest BCUT2D eigenvalue weighted by Crippen LogP contribution is 2.30. The lowest BCUT2D eigenvalue weighted by Crippen LogP contribution is -2.27. The van der Waals surface area contributed by atoms with Gasteiger partial charge in [0.2, 0.25) is 5.91 Å². The van der Waals surface area contributed by atoms with E-state index in [4.69, 9.17) is 22.1 Å². The molecule has 0 radical (unpaired) electrons. The minimum atomic E-state index is -0.0895. The van der Waals surface area contributed by atoms with Gasteiger partial charge in [0.25, 0.3) is 0 Å². The highest BCUT2D eigenvalue weighted by atomic mass is 35.5. The van der Waals surface area contributed by atoms with Gasteiger partial charge in [-0.3, -0.25) is 4.79 Å². The fourth-order valence-electron chi connectivity index (χ4n) is 1.81. The smallest absolute Gasteiger partial charge is 0.228 e. The van der Waals surface area contributed by atoms with E-state index in [2.05, 4.69) is 0 Å². The Balaban J connectivity index is 2.28. The summed E-state index contributed by atoms with van der Waals surface area (Å²) in [7, 11) is 1.55. The third kappa shape index (κ3) is 1.99. The van der Waals surface area contributed by atoms with Crippen molar-refractivity contribution >= 4 is 23.2 Å². The predicted molar refractivity (Wildman–Crippen MR) is 62.9 cm³/mol. The van der Waals surface area contributed by atoms with Gasteiger partial charge in [-0.05, 0) is 18.2 Å². The van der Waals surface area contributed by atoms with Crippen molar-refractivity contribution in [3.8, 4) is 5.75 Å². The molecule has 4 nitrogen and oxygen atoms in total. The molecule has 1 fully saturated rings. The van der Waals surface area contributed by atoms with E-state index in [0.29, 0.717) is 23.7 Å². The fraction of sp³-hybridized carbons (Fsp3) is 0.364. The van der Waals surface area contributed by atoms with Gasteiger partial charge in [0.05, 0.1) is 12.1 Å². The van der Waals surface area contributed by atoms with Gasteiger partial charge in [-0.25, -0.2) is 0 Å². The molecule has 1 heterocycles. The van der Waals surface area contributed by atoms with E-state index in [9.17, 15) is 4.79 Å². The molecule has 16 heavy (non-hydrogen) atoms. The molecule has 0 saturated carbocycles. The molecule has 1 aromatic carbocycles. The first-order valence-corrected chi connectivity index (χ1v) is 5.39. The number of carbonyl (C=O) groups excluding carboxylic acids is 1. The molecular formula is C11H13ClN2O2. The molecule has 86 valence electrons. The molecule has 1 amide bonds. The van der Waals surface area contributed by atoms with Crippen LogP contribution in [-0.4, -0.2) is 25.6 Å². The number of benzene rings is 1. The molecule has 0 spiro atoms. The van der Waals surface area contributed by atoms with Crippen molar-refractivity contribution in [3.05, 3.63) is 23.2 Å². The maximum Gasteiger partial charge on any atom is 0.228 e. The second-order valence-corrected chi connectivity index (χ2v) is 4.19. The standard InChI is InChI=1S/C11H13ClN2O2/c1-16-10-3-2-8(5-9(10)12)14-6-7(13)4-11(14)15/h2-3,5,7H,4,6,13H2,1H3. The Labute approximate surface area is 98.9 Å². The molecule has 1 aliphatic heterocycles. The number of carbonyl (C=O) groups is 1. The van der Waals surface area contributed by atoms with Crippen molar-refractivity contribution < 1.29 is 9.53 Å². The van der Waals surface area contributed by atoms with Crippen LogP contribution in [0.5, 0.6) is 5.75 Å². The highest BCUT2D eigenvalue weighted by molar-refractivity contribution is 6.32. The number of amides is 1. The van der Waals surface area contributed by atoms with Crippen LogP contribution in [0.25, 0.3) is 0 Å². The third-order valence-corrected chi connectivity index (χ3v) is 2.90. The summed E-state index contributed by atoms with van der Waals surface area (Å²) in [6.07, 6.45) is 0.393. The Kier molecular flexibility index (Phi) is 3.03. The van der Waals surface area contributed by atoms with Crippen LogP contribution in [0.2, 0.25) is 5.02 Å². The largest absolute Gasteiger partial charge is 0.495 e. The van der Waals surface area contributed by atoms with Crippen LogP contribution >= 0.6 is 11.6 Å². The van der Waals surface area contributed by atoms with Gasteiger partial charge in [0.15, 0.2) is 0 Å². The van der Waals surface area contributed by atoms with Gasteiger partial charge in [0, 0.05) is 24.7 Å². The lowest BCUT2D eigenvalue weighted by atomic mass is 10.3. The summed E-state index contributed by atoms with van der Waals surface area (Å²) in [6, 6.07) is 5.18. The van der Waals surface area contributed by atoms with E-state index in [1.807, 2.05) is 0 Å². The molecule has 1 aliphatic rings. The molecule has 0 bridgehead atoms. The number of nitrogens with zero attached hydrogens (tertiary/aromatic N) is 1. The van der Waals surface area contributed by atoms with E-state index in [-0.39, 0.29) is 11.9 Å². The molecule has 5 heteroatoms. The van der Waals surface area contributed by atoms with Gasteiger partial charge in [-0.15, -0.1) is 0 Å². The van der Waals surface area contributed by atoms with E-state index in [0.717, 1.165) is 5.69 Å². The fourth-order valence-corrected chi connectivity index (χ4v) is 2.06. The van der Waals surface area contributed by atoms with Crippen LogP contribution in [0.3, 0.4) is 0 Å². The number of ether oxygens (including phenoxy) is 1. The van der Waals surface area contributed by atoms with Crippen LogP contribution < -0.4 is 15.4 Å². The monoisotopic (exact) mass is 240 g/mol. The summed E-state index contributed by atoms with van der Waals surface area (Å²) in [6.45, 7) is 0.543. The minimum absolute atomic E-state index is 0.0359. The molecule has 2 N–H and O–H groups in total. The SMILES string of the molecule is COc1ccc(N2CC(N)CC2=O)cc1Cl. The molecule has 2 rings (SSSR count). The Bertz CT molecular complexity index is 422. The molecule has 1 saturated heterocycles. The molecule has 1 aromatic rings. The zero-order chi connectivity index (χ0) is 11.7. The predicted octanol–water partition coefficient (Wildman–Crippen LogP) is 1.41. The topological polar surface area (TPSA) is 55.6 Å². The lowest BCUT2D eigenvalue weighted by molar-refractivity contribution is -0.117. The quantitative estimate of drug-likeness (QED) is 0.851. The van der Waals surface area contributed by atoms with Crippen molar-refractivity contribution in [2.75, 3.05) is 18.6 Å². The Morgan fingerprint density at radius 1 is 1.56 bits per heavy atom. The zero-order valence-electron chi connectivity index (χ0n) is 8.94. The summed E-state index contributed by atoms with van der Waals surface area (Å²) in [4.78, 5) is 13.3. The van der Waals surface area contributed by atoms with E-state index in [1.165, 1.54) is 0 Å². The van der Waals surface area contributed by atoms with Crippen molar-refractivity contribution in [2.45, 2.75) is 12.5 Å². The summed E-state index contributed by atoms with van der Waals surface area (Å²) in [5.74, 6) is 0.634. The first-order valence-electron chi connectivity index (χ1n) is 5.01. The van der Waals surface area contributed by atoms with Gasteiger partial charge < -0.3 is 15.4 Å². The number of anilines is 1. The Morgan fingerprint density at radius 2 is 2.31 bits per heavy atom. The Morgan fingerprint density at radius 3 is 2.81 bits per heavy atom. The molecular weight excluding hydrogens is 228 g/mol. The summed E-state index contributed by atoms with van der Waals surface area (Å²) >= 11 is 6.00. The lowest BCUT2D eigenvalue weighted by Gasteiger charge is -2.17. The number of hydrogen-bond acceptors (Lipinski definition) is 3. The van der Waals surface area contributed by atoms with Crippen molar-refractivity contribution in [3.63, 3.8) is 0 Å². The van der Waals surface area contributed by atoms with Gasteiger partial charge in [-0.1, -0.05) is 11.6 Å². The first-order chi connectivity index (χ1) is 7.61. The van der Waals surface area contributed by atoms with Crippen molar-refractivity contribution in [1.29, 1.82) is 0 Å². The van der Waals surface area contributed by atoms with Crippen molar-refractivity contribution in [2.24, 2.45) is 5.73 Å². The highest BCUT2D eigenvalue weighted by Gasteiger charge is 2.28. The first kappa shape index (κ1) is 11.2. The number of nitrogens with two attached hydrogens (primary N) is 1. The van der Waals surface area contributed by atoms with E-state index < -0.39 is 0 Å². The maximum atomic E-state index is 11.6. The van der Waals surface area contributed by atoms with Crippen LogP contribution in [0.1, 0.15) is 6.42 Å². The van der Waals surface area contributed by atoms with Gasteiger partial charge >= 0.3 is 0 Å². The average molecular weight is 241 g/mol. The number of halogens is 1. The van der Waals surface area contributed by atoms with Crippen molar-refractivity contribution in [1.82, 2.24) is 0 Å².